The lowest BCUT2D eigenvalue weighted by atomic mass is 10.2. The lowest BCUT2D eigenvalue weighted by Crippen LogP contribution is -2.33. The van der Waals surface area contributed by atoms with Gasteiger partial charge in [0.05, 0.1) is 11.5 Å². The van der Waals surface area contributed by atoms with Gasteiger partial charge >= 0.3 is 0 Å². The van der Waals surface area contributed by atoms with Gasteiger partial charge in [0.1, 0.15) is 5.82 Å². The third-order valence-electron chi connectivity index (χ3n) is 4.57. The van der Waals surface area contributed by atoms with Crippen molar-refractivity contribution in [3.05, 3.63) is 42.1 Å². The standard InChI is InChI=1S/C18H24N4O2S/c1-4-22(15-8-6-5-7-9-15)18-19-14(2)12-17(20-18)21(3)16-10-11-25(23,24)13-16/h5-9,12,16H,4,10-11,13H2,1-3H3. The largest absolute Gasteiger partial charge is 0.355 e. The molecule has 0 radical (unpaired) electrons. The molecule has 1 aromatic heterocycles. The van der Waals surface area contributed by atoms with Gasteiger partial charge < -0.3 is 9.80 Å². The van der Waals surface area contributed by atoms with E-state index < -0.39 is 9.84 Å². The molecule has 0 bridgehead atoms. The van der Waals surface area contributed by atoms with Crippen molar-refractivity contribution in [2.75, 3.05) is 34.9 Å². The number of aryl methyl sites for hydroxylation is 1. The number of aromatic nitrogens is 2. The van der Waals surface area contributed by atoms with Crippen LogP contribution in [-0.2, 0) is 9.84 Å². The summed E-state index contributed by atoms with van der Waals surface area (Å²) in [5.41, 5.74) is 1.90. The molecule has 1 aromatic carbocycles. The van der Waals surface area contributed by atoms with Gasteiger partial charge in [-0.25, -0.2) is 13.4 Å². The highest BCUT2D eigenvalue weighted by molar-refractivity contribution is 7.91. The van der Waals surface area contributed by atoms with Crippen molar-refractivity contribution in [1.29, 1.82) is 0 Å². The van der Waals surface area contributed by atoms with Crippen molar-refractivity contribution in [3.8, 4) is 0 Å². The summed E-state index contributed by atoms with van der Waals surface area (Å²) in [4.78, 5) is 13.3. The number of rotatable bonds is 5. The number of sulfone groups is 1. The van der Waals surface area contributed by atoms with Crippen molar-refractivity contribution in [2.45, 2.75) is 26.3 Å². The first kappa shape index (κ1) is 17.7. The number of anilines is 3. The topological polar surface area (TPSA) is 66.4 Å². The third kappa shape index (κ3) is 3.92. The Kier molecular flexibility index (Phi) is 4.94. The van der Waals surface area contributed by atoms with Crippen LogP contribution in [0.2, 0.25) is 0 Å². The van der Waals surface area contributed by atoms with Gasteiger partial charge in [-0.3, -0.25) is 0 Å². The van der Waals surface area contributed by atoms with Crippen LogP contribution in [0.25, 0.3) is 0 Å². The Morgan fingerprint density at radius 2 is 1.92 bits per heavy atom. The monoisotopic (exact) mass is 360 g/mol. The van der Waals surface area contributed by atoms with Crippen molar-refractivity contribution in [3.63, 3.8) is 0 Å². The molecular formula is C18H24N4O2S. The molecule has 7 heteroatoms. The maximum Gasteiger partial charge on any atom is 0.232 e. The SMILES string of the molecule is CCN(c1ccccc1)c1nc(C)cc(N(C)C2CCS(=O)(=O)C2)n1. The number of nitrogens with zero attached hydrogens (tertiary/aromatic N) is 4. The molecule has 0 saturated carbocycles. The fourth-order valence-corrected chi connectivity index (χ4v) is 4.93. The molecule has 1 aliphatic rings. The number of para-hydroxylation sites is 1. The summed E-state index contributed by atoms with van der Waals surface area (Å²) < 4.78 is 23.6. The average molecular weight is 360 g/mol. The van der Waals surface area contributed by atoms with Gasteiger partial charge in [-0.1, -0.05) is 18.2 Å². The Morgan fingerprint density at radius 1 is 1.20 bits per heavy atom. The van der Waals surface area contributed by atoms with Gasteiger partial charge in [-0.05, 0) is 32.4 Å². The summed E-state index contributed by atoms with van der Waals surface area (Å²) in [6, 6.07) is 11.9. The van der Waals surface area contributed by atoms with Crippen molar-refractivity contribution < 1.29 is 8.42 Å². The van der Waals surface area contributed by atoms with E-state index in [1.807, 2.05) is 55.3 Å². The molecule has 0 aliphatic carbocycles. The Hall–Kier alpha value is -2.15. The zero-order chi connectivity index (χ0) is 18.0. The van der Waals surface area contributed by atoms with E-state index in [1.165, 1.54) is 0 Å². The third-order valence-corrected chi connectivity index (χ3v) is 6.32. The maximum absolute atomic E-state index is 11.8. The first-order chi connectivity index (χ1) is 11.9. The second-order valence-electron chi connectivity index (χ2n) is 6.42. The molecule has 25 heavy (non-hydrogen) atoms. The van der Waals surface area contributed by atoms with E-state index in [0.29, 0.717) is 12.4 Å². The van der Waals surface area contributed by atoms with Crippen molar-refractivity contribution in [1.82, 2.24) is 9.97 Å². The van der Waals surface area contributed by atoms with Gasteiger partial charge in [0, 0.05) is 37.1 Å². The minimum atomic E-state index is -2.93. The Bertz CT molecular complexity index is 839. The maximum atomic E-state index is 11.8. The first-order valence-corrected chi connectivity index (χ1v) is 10.3. The van der Waals surface area contributed by atoms with E-state index in [9.17, 15) is 8.42 Å². The van der Waals surface area contributed by atoms with E-state index in [2.05, 4.69) is 16.8 Å². The molecule has 0 amide bonds. The van der Waals surface area contributed by atoms with Crippen LogP contribution in [0.15, 0.2) is 36.4 Å². The average Bonchev–Trinajstić information content (AvgIpc) is 2.95. The molecule has 134 valence electrons. The minimum Gasteiger partial charge on any atom is -0.355 e. The predicted octanol–water partition coefficient (Wildman–Crippen LogP) is 2.57. The van der Waals surface area contributed by atoms with Crippen LogP contribution in [-0.4, -0.2) is 49.5 Å². The van der Waals surface area contributed by atoms with Gasteiger partial charge in [-0.2, -0.15) is 4.98 Å². The first-order valence-electron chi connectivity index (χ1n) is 8.51. The van der Waals surface area contributed by atoms with Crippen LogP contribution in [0.3, 0.4) is 0 Å². The molecule has 3 rings (SSSR count). The Labute approximate surface area is 149 Å². The second-order valence-corrected chi connectivity index (χ2v) is 8.64. The highest BCUT2D eigenvalue weighted by atomic mass is 32.2. The summed E-state index contributed by atoms with van der Waals surface area (Å²) in [6.07, 6.45) is 0.646. The van der Waals surface area contributed by atoms with Crippen LogP contribution >= 0.6 is 0 Å². The summed E-state index contributed by atoms with van der Waals surface area (Å²) in [7, 11) is -1.02. The predicted molar refractivity (Wildman–Crippen MR) is 101 cm³/mol. The van der Waals surface area contributed by atoms with E-state index in [4.69, 9.17) is 4.98 Å². The number of benzene rings is 1. The number of hydrogen-bond acceptors (Lipinski definition) is 6. The van der Waals surface area contributed by atoms with E-state index in [-0.39, 0.29) is 17.5 Å². The van der Waals surface area contributed by atoms with Crippen LogP contribution in [0.5, 0.6) is 0 Å². The van der Waals surface area contributed by atoms with Gasteiger partial charge in [0.25, 0.3) is 0 Å². The van der Waals surface area contributed by atoms with E-state index in [0.717, 1.165) is 23.7 Å². The molecule has 6 nitrogen and oxygen atoms in total. The fourth-order valence-electron chi connectivity index (χ4n) is 3.15. The van der Waals surface area contributed by atoms with Crippen LogP contribution in [0, 0.1) is 6.92 Å². The minimum absolute atomic E-state index is 0.0287. The van der Waals surface area contributed by atoms with Crippen molar-refractivity contribution >= 4 is 27.3 Å². The zero-order valence-corrected chi connectivity index (χ0v) is 15.7. The molecule has 2 aromatic rings. The summed E-state index contributed by atoms with van der Waals surface area (Å²) in [6.45, 7) is 4.74. The Morgan fingerprint density at radius 3 is 2.52 bits per heavy atom. The lowest BCUT2D eigenvalue weighted by molar-refractivity contribution is 0.600. The molecule has 1 unspecified atom stereocenters. The lowest BCUT2D eigenvalue weighted by Gasteiger charge is -2.27. The number of hydrogen-bond donors (Lipinski definition) is 0. The molecule has 1 fully saturated rings. The normalized spacial score (nSPS) is 18.9. The highest BCUT2D eigenvalue weighted by Gasteiger charge is 2.31. The van der Waals surface area contributed by atoms with Crippen LogP contribution in [0.4, 0.5) is 17.5 Å². The van der Waals surface area contributed by atoms with Gasteiger partial charge in [0.2, 0.25) is 5.95 Å². The summed E-state index contributed by atoms with van der Waals surface area (Å²) >= 11 is 0. The van der Waals surface area contributed by atoms with Crippen molar-refractivity contribution in [2.24, 2.45) is 0 Å². The molecule has 2 heterocycles. The van der Waals surface area contributed by atoms with Crippen LogP contribution in [0.1, 0.15) is 19.0 Å². The molecule has 1 saturated heterocycles. The quantitative estimate of drug-likeness (QED) is 0.816. The molecule has 1 atom stereocenters. The summed E-state index contributed by atoms with van der Waals surface area (Å²) in [5.74, 6) is 1.85. The smallest absolute Gasteiger partial charge is 0.232 e. The van der Waals surface area contributed by atoms with Gasteiger partial charge in [-0.15, -0.1) is 0 Å². The second kappa shape index (κ2) is 7.00. The zero-order valence-electron chi connectivity index (χ0n) is 14.9. The molecular weight excluding hydrogens is 336 g/mol. The fraction of sp³-hybridized carbons (Fsp3) is 0.444. The van der Waals surface area contributed by atoms with Gasteiger partial charge in [0.15, 0.2) is 9.84 Å². The van der Waals surface area contributed by atoms with E-state index >= 15 is 0 Å². The molecule has 0 N–H and O–H groups in total. The highest BCUT2D eigenvalue weighted by Crippen LogP contribution is 2.26. The molecule has 1 aliphatic heterocycles. The molecule has 0 spiro atoms. The van der Waals surface area contributed by atoms with Crippen LogP contribution < -0.4 is 9.80 Å². The summed E-state index contributed by atoms with van der Waals surface area (Å²) in [5, 5.41) is 0. The van der Waals surface area contributed by atoms with E-state index in [1.54, 1.807) is 0 Å². The Balaban J connectivity index is 1.92.